The van der Waals surface area contributed by atoms with Gasteiger partial charge >= 0.3 is 12.0 Å². The third-order valence-corrected chi connectivity index (χ3v) is 6.30. The molecule has 0 bridgehead atoms. The average Bonchev–Trinajstić information content (AvgIpc) is 2.77. The quantitative estimate of drug-likeness (QED) is 0.525. The average molecular weight is 458 g/mol. The standard InChI is InChI=1S/C23H27N3O5S/c1-4-31-22(27)20-19(25-23(28)26-21(20)17-8-6-5-7-9-17)14-24-15(2)16-10-12-18(13-11-16)32(3,29)30/h5-13,15,21,24H,4,14H2,1-3H3,(H2,25,26,28)/t15-,21-/m1/s1. The second-order valence-corrected chi connectivity index (χ2v) is 9.51. The number of carbonyl (C=O) groups excluding carboxylic acids is 2. The minimum atomic E-state index is -3.27. The number of nitrogens with one attached hydrogen (secondary N) is 3. The fourth-order valence-corrected chi connectivity index (χ4v) is 4.11. The lowest BCUT2D eigenvalue weighted by Crippen LogP contribution is -2.48. The van der Waals surface area contributed by atoms with Crippen LogP contribution < -0.4 is 16.0 Å². The van der Waals surface area contributed by atoms with Crippen molar-refractivity contribution in [2.45, 2.75) is 30.8 Å². The number of benzene rings is 2. The van der Waals surface area contributed by atoms with Crippen molar-refractivity contribution in [1.82, 2.24) is 16.0 Å². The molecule has 2 amide bonds. The molecule has 0 aromatic heterocycles. The van der Waals surface area contributed by atoms with Crippen LogP contribution in [0, 0.1) is 0 Å². The van der Waals surface area contributed by atoms with Gasteiger partial charge in [0.2, 0.25) is 0 Å². The van der Waals surface area contributed by atoms with E-state index >= 15 is 0 Å². The molecule has 1 aliphatic heterocycles. The molecule has 170 valence electrons. The zero-order chi connectivity index (χ0) is 23.3. The summed E-state index contributed by atoms with van der Waals surface area (Å²) in [5.41, 5.74) is 2.41. The molecule has 0 saturated heterocycles. The van der Waals surface area contributed by atoms with E-state index in [-0.39, 0.29) is 24.1 Å². The summed E-state index contributed by atoms with van der Waals surface area (Å²) in [6.07, 6.45) is 1.16. The maximum Gasteiger partial charge on any atom is 0.338 e. The highest BCUT2D eigenvalue weighted by Gasteiger charge is 2.33. The van der Waals surface area contributed by atoms with E-state index in [4.69, 9.17) is 4.74 Å². The molecule has 0 spiro atoms. The number of sulfone groups is 1. The zero-order valence-corrected chi connectivity index (χ0v) is 19.0. The van der Waals surface area contributed by atoms with Gasteiger partial charge in [-0.05, 0) is 37.1 Å². The van der Waals surface area contributed by atoms with E-state index in [1.165, 1.54) is 0 Å². The lowest BCUT2D eigenvalue weighted by molar-refractivity contribution is -0.139. The highest BCUT2D eigenvalue weighted by atomic mass is 32.2. The summed E-state index contributed by atoms with van der Waals surface area (Å²) in [7, 11) is -3.27. The third kappa shape index (κ3) is 5.54. The Labute approximate surface area is 188 Å². The van der Waals surface area contributed by atoms with Crippen molar-refractivity contribution in [1.29, 1.82) is 0 Å². The predicted octanol–water partition coefficient (Wildman–Crippen LogP) is 2.61. The van der Waals surface area contributed by atoms with Crippen LogP contribution in [0.3, 0.4) is 0 Å². The molecular weight excluding hydrogens is 430 g/mol. The number of rotatable bonds is 8. The molecule has 0 unspecified atom stereocenters. The van der Waals surface area contributed by atoms with Gasteiger partial charge < -0.3 is 20.7 Å². The number of ether oxygens (including phenoxy) is 1. The molecule has 1 heterocycles. The van der Waals surface area contributed by atoms with E-state index in [0.29, 0.717) is 11.3 Å². The van der Waals surface area contributed by atoms with Gasteiger partial charge in [-0.3, -0.25) is 0 Å². The predicted molar refractivity (Wildman–Crippen MR) is 120 cm³/mol. The number of amides is 2. The molecule has 0 saturated carbocycles. The number of hydrogen-bond donors (Lipinski definition) is 3. The first kappa shape index (κ1) is 23.5. The molecule has 0 radical (unpaired) electrons. The Bertz CT molecular complexity index is 1110. The van der Waals surface area contributed by atoms with Gasteiger partial charge in [-0.2, -0.15) is 0 Å². The molecule has 2 atom stereocenters. The van der Waals surface area contributed by atoms with Crippen molar-refractivity contribution in [3.63, 3.8) is 0 Å². The first-order chi connectivity index (χ1) is 15.2. The summed E-state index contributed by atoms with van der Waals surface area (Å²) in [5, 5.41) is 8.82. The topological polar surface area (TPSA) is 114 Å². The lowest BCUT2D eigenvalue weighted by Gasteiger charge is -2.30. The van der Waals surface area contributed by atoms with Gasteiger partial charge in [-0.25, -0.2) is 18.0 Å². The van der Waals surface area contributed by atoms with Crippen LogP contribution in [-0.2, 0) is 19.4 Å². The van der Waals surface area contributed by atoms with Gasteiger partial charge in [0.05, 0.1) is 23.1 Å². The fourth-order valence-electron chi connectivity index (χ4n) is 3.48. The zero-order valence-electron chi connectivity index (χ0n) is 18.2. The van der Waals surface area contributed by atoms with Gasteiger partial charge in [0.1, 0.15) is 0 Å². The van der Waals surface area contributed by atoms with Crippen molar-refractivity contribution in [2.24, 2.45) is 0 Å². The largest absolute Gasteiger partial charge is 0.463 e. The van der Waals surface area contributed by atoms with Gasteiger partial charge in [0.15, 0.2) is 9.84 Å². The van der Waals surface area contributed by atoms with Crippen molar-refractivity contribution >= 4 is 21.8 Å². The summed E-state index contributed by atoms with van der Waals surface area (Å²) in [6, 6.07) is 14.6. The minimum absolute atomic E-state index is 0.165. The molecule has 0 aliphatic carbocycles. The molecule has 8 nitrogen and oxygen atoms in total. The van der Waals surface area contributed by atoms with Crippen molar-refractivity contribution < 1.29 is 22.7 Å². The van der Waals surface area contributed by atoms with Crippen LogP contribution in [0.2, 0.25) is 0 Å². The minimum Gasteiger partial charge on any atom is -0.463 e. The van der Waals surface area contributed by atoms with Gasteiger partial charge in [0, 0.05) is 24.5 Å². The third-order valence-electron chi connectivity index (χ3n) is 5.18. The van der Waals surface area contributed by atoms with Crippen LogP contribution in [0.5, 0.6) is 0 Å². The summed E-state index contributed by atoms with van der Waals surface area (Å²) < 4.78 is 28.6. The Morgan fingerprint density at radius 3 is 2.38 bits per heavy atom. The van der Waals surface area contributed by atoms with E-state index < -0.39 is 27.9 Å². The second-order valence-electron chi connectivity index (χ2n) is 7.50. The maximum absolute atomic E-state index is 12.8. The van der Waals surface area contributed by atoms with E-state index in [9.17, 15) is 18.0 Å². The molecule has 1 aliphatic rings. The smallest absolute Gasteiger partial charge is 0.338 e. The van der Waals surface area contributed by atoms with E-state index in [0.717, 1.165) is 17.4 Å². The van der Waals surface area contributed by atoms with E-state index in [1.54, 1.807) is 31.2 Å². The molecule has 2 aromatic rings. The fraction of sp³-hybridized carbons (Fsp3) is 0.304. The van der Waals surface area contributed by atoms with Crippen LogP contribution in [-0.4, -0.2) is 39.8 Å². The van der Waals surface area contributed by atoms with Gasteiger partial charge in [0.25, 0.3) is 0 Å². The highest BCUT2D eigenvalue weighted by Crippen LogP contribution is 2.28. The highest BCUT2D eigenvalue weighted by molar-refractivity contribution is 7.90. The Balaban J connectivity index is 1.86. The van der Waals surface area contributed by atoms with Crippen molar-refractivity contribution in [3.8, 4) is 0 Å². The number of carbonyl (C=O) groups is 2. The van der Waals surface area contributed by atoms with Crippen molar-refractivity contribution in [2.75, 3.05) is 19.4 Å². The SMILES string of the molecule is CCOC(=O)C1=C(CN[C@H](C)c2ccc(S(C)(=O)=O)cc2)NC(=O)N[C@@H]1c1ccccc1. The Hall–Kier alpha value is -3.17. The van der Waals surface area contributed by atoms with Crippen LogP contribution in [0.25, 0.3) is 0 Å². The first-order valence-corrected chi connectivity index (χ1v) is 12.2. The Kier molecular flexibility index (Phi) is 7.32. The summed E-state index contributed by atoms with van der Waals surface area (Å²) >= 11 is 0. The first-order valence-electron chi connectivity index (χ1n) is 10.3. The Morgan fingerprint density at radius 2 is 1.78 bits per heavy atom. The Morgan fingerprint density at radius 1 is 1.12 bits per heavy atom. The molecule has 0 fully saturated rings. The normalized spacial score (nSPS) is 17.3. The van der Waals surface area contributed by atoms with Crippen LogP contribution in [0.4, 0.5) is 4.79 Å². The molecule has 3 N–H and O–H groups in total. The molecular formula is C23H27N3O5S. The van der Waals surface area contributed by atoms with E-state index in [2.05, 4.69) is 16.0 Å². The molecule has 9 heteroatoms. The second kappa shape index (κ2) is 9.97. The van der Waals surface area contributed by atoms with Crippen LogP contribution in [0.1, 0.15) is 37.1 Å². The van der Waals surface area contributed by atoms with Crippen LogP contribution >= 0.6 is 0 Å². The van der Waals surface area contributed by atoms with Gasteiger partial charge in [-0.1, -0.05) is 42.5 Å². The number of esters is 1. The maximum atomic E-state index is 12.8. The van der Waals surface area contributed by atoms with E-state index in [1.807, 2.05) is 37.3 Å². The summed E-state index contributed by atoms with van der Waals surface area (Å²) in [6.45, 7) is 4.06. The number of urea groups is 1. The number of hydrogen-bond acceptors (Lipinski definition) is 6. The lowest BCUT2D eigenvalue weighted by atomic mass is 9.95. The monoisotopic (exact) mass is 457 g/mol. The summed E-state index contributed by atoms with van der Waals surface area (Å²) in [4.78, 5) is 25.4. The van der Waals surface area contributed by atoms with Crippen LogP contribution in [0.15, 0.2) is 70.8 Å². The van der Waals surface area contributed by atoms with Gasteiger partial charge in [-0.15, -0.1) is 0 Å². The molecule has 3 rings (SSSR count). The molecule has 32 heavy (non-hydrogen) atoms. The summed E-state index contributed by atoms with van der Waals surface area (Å²) in [5.74, 6) is -0.504. The van der Waals surface area contributed by atoms with Crippen molar-refractivity contribution in [3.05, 3.63) is 77.0 Å². The molecule has 2 aromatic carbocycles.